The Labute approximate surface area is 136 Å². The molecule has 0 radical (unpaired) electrons. The van der Waals surface area contributed by atoms with Gasteiger partial charge in [0.25, 0.3) is 0 Å². The maximum Gasteiger partial charge on any atom is 0.155 e. The van der Waals surface area contributed by atoms with Crippen LogP contribution in [0.25, 0.3) is 0 Å². The van der Waals surface area contributed by atoms with E-state index in [9.17, 15) is 4.39 Å². The van der Waals surface area contributed by atoms with Crippen molar-refractivity contribution in [1.29, 1.82) is 0 Å². The van der Waals surface area contributed by atoms with E-state index in [4.69, 9.17) is 10.9 Å². The Balaban J connectivity index is 2.01. The number of hydrogen-bond donors (Lipinski definition) is 2. The number of hydrogen-bond acceptors (Lipinski definition) is 4. The lowest BCUT2D eigenvalue weighted by Gasteiger charge is -2.39. The average molecular weight is 376 g/mol. The first-order chi connectivity index (χ1) is 9.99. The molecule has 0 aliphatic carbocycles. The summed E-state index contributed by atoms with van der Waals surface area (Å²) in [5.41, 5.74) is 6.78. The molecule has 0 amide bonds. The van der Waals surface area contributed by atoms with E-state index in [1.54, 1.807) is 17.8 Å². The quantitative estimate of drug-likeness (QED) is 0.367. The van der Waals surface area contributed by atoms with Crippen molar-refractivity contribution in [3.8, 4) is 0 Å². The van der Waals surface area contributed by atoms with Crippen LogP contribution in [0.2, 0.25) is 0 Å². The third-order valence-electron chi connectivity index (χ3n) is 3.96. The first kappa shape index (κ1) is 16.6. The summed E-state index contributed by atoms with van der Waals surface area (Å²) in [6.45, 7) is 2.38. The molecule has 1 aromatic rings. The smallest absolute Gasteiger partial charge is 0.155 e. The van der Waals surface area contributed by atoms with Crippen molar-refractivity contribution >= 4 is 33.5 Å². The summed E-state index contributed by atoms with van der Waals surface area (Å²) in [4.78, 5) is 2.26. The van der Waals surface area contributed by atoms with Crippen molar-refractivity contribution in [3.05, 3.63) is 34.1 Å². The number of nitrogens with two attached hydrogens (primary N) is 1. The Morgan fingerprint density at radius 3 is 2.67 bits per heavy atom. The van der Waals surface area contributed by atoms with Crippen molar-refractivity contribution < 1.29 is 9.60 Å². The Bertz CT molecular complexity index is 513. The lowest BCUT2D eigenvalue weighted by molar-refractivity contribution is 0.209. The molecule has 1 aliphatic heterocycles. The minimum absolute atomic E-state index is 0.230. The van der Waals surface area contributed by atoms with E-state index in [2.05, 4.69) is 26.0 Å². The summed E-state index contributed by atoms with van der Waals surface area (Å²) in [5.74, 6) is 0.0645. The van der Waals surface area contributed by atoms with Gasteiger partial charge < -0.3 is 10.9 Å². The molecule has 1 aromatic carbocycles. The number of benzene rings is 1. The summed E-state index contributed by atoms with van der Waals surface area (Å²) in [7, 11) is 0. The second-order valence-corrected chi connectivity index (χ2v) is 7.34. The van der Waals surface area contributed by atoms with Crippen LogP contribution in [0.3, 0.4) is 0 Å². The van der Waals surface area contributed by atoms with Crippen LogP contribution in [0.5, 0.6) is 0 Å². The zero-order chi connectivity index (χ0) is 15.5. The number of rotatable bonds is 4. The van der Waals surface area contributed by atoms with Gasteiger partial charge in [0, 0.05) is 24.1 Å². The van der Waals surface area contributed by atoms with Crippen LogP contribution in [-0.4, -0.2) is 40.0 Å². The fraction of sp³-hybridized carbons (Fsp3) is 0.500. The van der Waals surface area contributed by atoms with Crippen LogP contribution < -0.4 is 5.73 Å². The second kappa shape index (κ2) is 6.98. The molecule has 0 spiro atoms. The molecule has 0 bridgehead atoms. The van der Waals surface area contributed by atoms with Gasteiger partial charge in [0.15, 0.2) is 5.84 Å². The molecular weight excluding hydrogens is 357 g/mol. The SMILES string of the molecule is CSC1(C(N)=NO)CCN(Cc2cc(F)cc(Br)c2)CC1. The van der Waals surface area contributed by atoms with E-state index < -0.39 is 0 Å². The number of likely N-dealkylation sites (tertiary alicyclic amines) is 1. The summed E-state index contributed by atoms with van der Waals surface area (Å²) in [6.07, 6.45) is 3.62. The van der Waals surface area contributed by atoms with Crippen LogP contribution in [0, 0.1) is 5.82 Å². The average Bonchev–Trinajstić information content (AvgIpc) is 2.46. The van der Waals surface area contributed by atoms with E-state index in [1.807, 2.05) is 12.3 Å². The lowest BCUT2D eigenvalue weighted by atomic mass is 9.94. The van der Waals surface area contributed by atoms with Gasteiger partial charge in [-0.25, -0.2) is 4.39 Å². The minimum atomic E-state index is -0.284. The normalized spacial score (nSPS) is 19.7. The standard InChI is InChI=1S/C14H19BrFN3OS/c1-21-14(13(17)18-20)2-4-19(5-3-14)9-10-6-11(15)8-12(16)7-10/h6-8,20H,2-5,9H2,1H3,(H2,17,18). The molecule has 0 aromatic heterocycles. The number of piperidine rings is 1. The van der Waals surface area contributed by atoms with Gasteiger partial charge in [-0.3, -0.25) is 4.90 Å². The summed E-state index contributed by atoms with van der Waals surface area (Å²) in [5, 5.41) is 12.1. The van der Waals surface area contributed by atoms with Crippen molar-refractivity contribution in [2.24, 2.45) is 10.9 Å². The lowest BCUT2D eigenvalue weighted by Crippen LogP contribution is -2.49. The van der Waals surface area contributed by atoms with Crippen molar-refractivity contribution in [3.63, 3.8) is 0 Å². The number of thioether (sulfide) groups is 1. The van der Waals surface area contributed by atoms with Gasteiger partial charge in [-0.2, -0.15) is 11.8 Å². The Morgan fingerprint density at radius 1 is 1.48 bits per heavy atom. The third-order valence-corrected chi connectivity index (χ3v) is 5.81. The van der Waals surface area contributed by atoms with E-state index >= 15 is 0 Å². The predicted octanol–water partition coefficient (Wildman–Crippen LogP) is 3.03. The van der Waals surface area contributed by atoms with Crippen LogP contribution in [-0.2, 0) is 6.54 Å². The molecule has 0 unspecified atom stereocenters. The Kier molecular flexibility index (Phi) is 5.51. The van der Waals surface area contributed by atoms with E-state index in [0.29, 0.717) is 12.4 Å². The maximum atomic E-state index is 13.4. The topological polar surface area (TPSA) is 61.9 Å². The van der Waals surface area contributed by atoms with Crippen LogP contribution >= 0.6 is 27.7 Å². The van der Waals surface area contributed by atoms with Crippen LogP contribution in [0.1, 0.15) is 18.4 Å². The molecule has 0 atom stereocenters. The molecule has 4 nitrogen and oxygen atoms in total. The molecule has 1 heterocycles. The highest BCUT2D eigenvalue weighted by atomic mass is 79.9. The van der Waals surface area contributed by atoms with Crippen LogP contribution in [0.15, 0.2) is 27.8 Å². The monoisotopic (exact) mass is 375 g/mol. The van der Waals surface area contributed by atoms with E-state index in [1.165, 1.54) is 6.07 Å². The molecule has 2 rings (SSSR count). The van der Waals surface area contributed by atoms with Gasteiger partial charge in [0.05, 0.1) is 4.75 Å². The van der Waals surface area contributed by atoms with Crippen molar-refractivity contribution in [2.75, 3.05) is 19.3 Å². The number of nitrogens with zero attached hydrogens (tertiary/aromatic N) is 2. The molecule has 3 N–H and O–H groups in total. The second-order valence-electron chi connectivity index (χ2n) is 5.24. The molecule has 1 saturated heterocycles. The predicted molar refractivity (Wildman–Crippen MR) is 88.3 cm³/mol. The number of halogens is 2. The van der Waals surface area contributed by atoms with Crippen molar-refractivity contribution in [1.82, 2.24) is 4.90 Å². The molecule has 7 heteroatoms. The Morgan fingerprint density at radius 2 is 2.14 bits per heavy atom. The first-order valence-corrected chi connectivity index (χ1v) is 8.71. The molecule has 116 valence electrons. The largest absolute Gasteiger partial charge is 0.409 e. The summed E-state index contributed by atoms with van der Waals surface area (Å²) < 4.78 is 13.9. The third kappa shape index (κ3) is 3.90. The van der Waals surface area contributed by atoms with Crippen LogP contribution in [0.4, 0.5) is 4.39 Å². The zero-order valence-corrected chi connectivity index (χ0v) is 14.3. The van der Waals surface area contributed by atoms with E-state index in [0.717, 1.165) is 36.0 Å². The maximum absolute atomic E-state index is 13.4. The molecular formula is C14H19BrFN3OS. The first-order valence-electron chi connectivity index (χ1n) is 6.69. The summed E-state index contributed by atoms with van der Waals surface area (Å²) in [6, 6.07) is 4.95. The fourth-order valence-electron chi connectivity index (χ4n) is 2.69. The fourth-order valence-corrected chi connectivity index (χ4v) is 4.04. The Hall–Kier alpha value is -0.790. The molecule has 21 heavy (non-hydrogen) atoms. The van der Waals surface area contributed by atoms with Gasteiger partial charge >= 0.3 is 0 Å². The van der Waals surface area contributed by atoms with Crippen molar-refractivity contribution in [2.45, 2.75) is 24.1 Å². The van der Waals surface area contributed by atoms with E-state index in [-0.39, 0.29) is 10.6 Å². The van der Waals surface area contributed by atoms with Gasteiger partial charge in [-0.05, 0) is 42.9 Å². The molecule has 0 saturated carbocycles. The summed E-state index contributed by atoms with van der Waals surface area (Å²) >= 11 is 4.94. The number of amidine groups is 1. The van der Waals surface area contributed by atoms with Gasteiger partial charge in [0.2, 0.25) is 0 Å². The number of oxime groups is 1. The van der Waals surface area contributed by atoms with Gasteiger partial charge in [-0.15, -0.1) is 0 Å². The van der Waals surface area contributed by atoms with Gasteiger partial charge in [-0.1, -0.05) is 21.1 Å². The minimum Gasteiger partial charge on any atom is -0.409 e. The molecule has 1 aliphatic rings. The zero-order valence-electron chi connectivity index (χ0n) is 11.9. The molecule has 1 fully saturated rings. The highest BCUT2D eigenvalue weighted by Crippen LogP contribution is 2.35. The van der Waals surface area contributed by atoms with Gasteiger partial charge in [0.1, 0.15) is 5.82 Å². The highest BCUT2D eigenvalue weighted by Gasteiger charge is 2.38. The highest BCUT2D eigenvalue weighted by molar-refractivity contribution is 9.10.